The zero-order valence-electron chi connectivity index (χ0n) is 12.1. The molecule has 0 bridgehead atoms. The van der Waals surface area contributed by atoms with E-state index in [-0.39, 0.29) is 0 Å². The summed E-state index contributed by atoms with van der Waals surface area (Å²) in [6.07, 6.45) is 3.59. The maximum atomic E-state index is 5.50. The van der Waals surface area contributed by atoms with Crippen molar-refractivity contribution in [2.24, 2.45) is 0 Å². The molecule has 1 aromatic carbocycles. The van der Waals surface area contributed by atoms with Crippen molar-refractivity contribution < 1.29 is 4.74 Å². The Hall–Kier alpha value is -2.63. The molecule has 0 aliphatic heterocycles. The van der Waals surface area contributed by atoms with Crippen molar-refractivity contribution in [2.75, 3.05) is 11.9 Å². The number of fused-ring (bicyclic) bond motifs is 1. The number of nitrogens with one attached hydrogen (secondary N) is 1. The fourth-order valence-electron chi connectivity index (χ4n) is 2.16. The number of hydrogen-bond acceptors (Lipinski definition) is 5. The van der Waals surface area contributed by atoms with Crippen LogP contribution < -0.4 is 10.1 Å². The number of aromatic nitrogens is 4. The Morgan fingerprint density at radius 2 is 2.19 bits per heavy atom. The van der Waals surface area contributed by atoms with Crippen molar-refractivity contribution in [3.63, 3.8) is 0 Å². The molecule has 2 aromatic heterocycles. The van der Waals surface area contributed by atoms with E-state index in [0.717, 1.165) is 28.6 Å². The summed E-state index contributed by atoms with van der Waals surface area (Å²) in [4.78, 5) is 4.33. The van der Waals surface area contributed by atoms with Gasteiger partial charge in [0.15, 0.2) is 5.82 Å². The summed E-state index contributed by atoms with van der Waals surface area (Å²) >= 11 is 0. The molecule has 0 atom stereocenters. The normalized spacial score (nSPS) is 10.8. The molecule has 3 aromatic rings. The van der Waals surface area contributed by atoms with E-state index < -0.39 is 0 Å². The van der Waals surface area contributed by atoms with Gasteiger partial charge in [-0.2, -0.15) is 0 Å². The van der Waals surface area contributed by atoms with Crippen LogP contribution in [0.5, 0.6) is 5.75 Å². The highest BCUT2D eigenvalue weighted by Crippen LogP contribution is 2.16. The zero-order valence-corrected chi connectivity index (χ0v) is 12.1. The van der Waals surface area contributed by atoms with E-state index in [0.29, 0.717) is 13.2 Å². The molecular weight excluding hydrogens is 266 g/mol. The number of benzene rings is 1. The molecule has 0 amide bonds. The smallest absolute Gasteiger partial charge is 0.203 e. The summed E-state index contributed by atoms with van der Waals surface area (Å²) < 4.78 is 7.41. The number of hydrogen-bond donors (Lipinski definition) is 1. The van der Waals surface area contributed by atoms with Crippen LogP contribution in [0.3, 0.4) is 0 Å². The van der Waals surface area contributed by atoms with Crippen LogP contribution >= 0.6 is 0 Å². The molecule has 6 heteroatoms. The van der Waals surface area contributed by atoms with Crippen molar-refractivity contribution >= 4 is 11.5 Å². The second kappa shape index (κ2) is 5.78. The van der Waals surface area contributed by atoms with Crippen molar-refractivity contribution in [3.8, 4) is 5.75 Å². The van der Waals surface area contributed by atoms with Gasteiger partial charge in [-0.05, 0) is 31.5 Å². The first kappa shape index (κ1) is 13.4. The van der Waals surface area contributed by atoms with Gasteiger partial charge in [0.1, 0.15) is 11.6 Å². The number of ether oxygens (including phenoxy) is 1. The molecule has 1 N–H and O–H groups in total. The van der Waals surface area contributed by atoms with Crippen LogP contribution in [-0.4, -0.2) is 26.2 Å². The lowest BCUT2D eigenvalue weighted by Gasteiger charge is -2.08. The van der Waals surface area contributed by atoms with Crippen LogP contribution in [0.2, 0.25) is 0 Å². The average Bonchev–Trinajstić information content (AvgIpc) is 2.88. The number of anilines is 1. The Balaban J connectivity index is 1.79. The Bertz CT molecular complexity index is 753. The molecule has 2 heterocycles. The standard InChI is InChI=1S/C15H17N5O/c1-3-21-13-6-4-5-12(9-13)10-17-14-15-19-18-11(2)20(15)8-7-16-14/h4-9H,3,10H2,1-2H3,(H,16,17). The molecule has 3 rings (SSSR count). The molecule has 0 unspecified atom stereocenters. The molecule has 0 aliphatic rings. The van der Waals surface area contributed by atoms with Crippen molar-refractivity contribution in [1.29, 1.82) is 0 Å². The predicted molar refractivity (Wildman–Crippen MR) is 80.5 cm³/mol. The van der Waals surface area contributed by atoms with Crippen LogP contribution in [-0.2, 0) is 6.54 Å². The summed E-state index contributed by atoms with van der Waals surface area (Å²) in [7, 11) is 0. The van der Waals surface area contributed by atoms with E-state index >= 15 is 0 Å². The molecular formula is C15H17N5O. The first-order valence-electron chi connectivity index (χ1n) is 6.90. The minimum Gasteiger partial charge on any atom is -0.494 e. The summed E-state index contributed by atoms with van der Waals surface area (Å²) in [5.74, 6) is 2.44. The SMILES string of the molecule is CCOc1cccc(CNc2nccn3c(C)nnc23)c1. The van der Waals surface area contributed by atoms with Gasteiger partial charge in [-0.15, -0.1) is 10.2 Å². The Morgan fingerprint density at radius 1 is 1.29 bits per heavy atom. The molecule has 0 fully saturated rings. The molecule has 108 valence electrons. The molecule has 0 spiro atoms. The minimum atomic E-state index is 0.652. The third-order valence-corrected chi connectivity index (χ3v) is 3.17. The second-order valence-corrected chi connectivity index (χ2v) is 4.65. The molecule has 0 saturated carbocycles. The van der Waals surface area contributed by atoms with Crippen LogP contribution in [0.15, 0.2) is 36.7 Å². The van der Waals surface area contributed by atoms with Gasteiger partial charge < -0.3 is 10.1 Å². The first-order valence-corrected chi connectivity index (χ1v) is 6.90. The number of aryl methyl sites for hydroxylation is 1. The molecule has 0 aliphatic carbocycles. The van der Waals surface area contributed by atoms with Crippen LogP contribution in [0, 0.1) is 6.92 Å². The molecule has 0 saturated heterocycles. The van der Waals surface area contributed by atoms with E-state index in [9.17, 15) is 0 Å². The fourth-order valence-corrected chi connectivity index (χ4v) is 2.16. The van der Waals surface area contributed by atoms with Gasteiger partial charge >= 0.3 is 0 Å². The number of rotatable bonds is 5. The predicted octanol–water partition coefficient (Wildman–Crippen LogP) is 2.44. The quantitative estimate of drug-likeness (QED) is 0.779. The largest absolute Gasteiger partial charge is 0.494 e. The zero-order chi connectivity index (χ0) is 14.7. The fraction of sp³-hybridized carbons (Fsp3) is 0.267. The molecule has 21 heavy (non-hydrogen) atoms. The highest BCUT2D eigenvalue weighted by molar-refractivity contribution is 5.62. The van der Waals surface area contributed by atoms with E-state index in [1.165, 1.54) is 0 Å². The lowest BCUT2D eigenvalue weighted by Crippen LogP contribution is -2.04. The van der Waals surface area contributed by atoms with Crippen molar-refractivity contribution in [2.45, 2.75) is 20.4 Å². The Morgan fingerprint density at radius 3 is 3.05 bits per heavy atom. The van der Waals surface area contributed by atoms with Gasteiger partial charge in [0, 0.05) is 18.9 Å². The van der Waals surface area contributed by atoms with Crippen LogP contribution in [0.25, 0.3) is 5.65 Å². The lowest BCUT2D eigenvalue weighted by molar-refractivity contribution is 0.340. The van der Waals surface area contributed by atoms with Gasteiger partial charge in [-0.1, -0.05) is 12.1 Å². The summed E-state index contributed by atoms with van der Waals surface area (Å²) in [6, 6.07) is 8.00. The minimum absolute atomic E-state index is 0.652. The van der Waals surface area contributed by atoms with E-state index in [2.05, 4.69) is 20.5 Å². The van der Waals surface area contributed by atoms with Gasteiger partial charge in [0.2, 0.25) is 5.65 Å². The van der Waals surface area contributed by atoms with Crippen molar-refractivity contribution in [1.82, 2.24) is 19.6 Å². The van der Waals surface area contributed by atoms with Gasteiger partial charge in [-0.3, -0.25) is 4.40 Å². The van der Waals surface area contributed by atoms with E-state index in [1.807, 2.05) is 48.7 Å². The van der Waals surface area contributed by atoms with Crippen LogP contribution in [0.1, 0.15) is 18.3 Å². The number of nitrogens with zero attached hydrogens (tertiary/aromatic N) is 4. The highest BCUT2D eigenvalue weighted by atomic mass is 16.5. The third-order valence-electron chi connectivity index (χ3n) is 3.17. The van der Waals surface area contributed by atoms with Crippen LogP contribution in [0.4, 0.5) is 5.82 Å². The lowest BCUT2D eigenvalue weighted by atomic mass is 10.2. The monoisotopic (exact) mass is 283 g/mol. The van der Waals surface area contributed by atoms with E-state index in [1.54, 1.807) is 6.20 Å². The Labute approximate surface area is 122 Å². The summed E-state index contributed by atoms with van der Waals surface area (Å²) in [5, 5.41) is 11.5. The molecule has 6 nitrogen and oxygen atoms in total. The Kier molecular flexibility index (Phi) is 3.68. The summed E-state index contributed by atoms with van der Waals surface area (Å²) in [6.45, 7) is 5.20. The topological polar surface area (TPSA) is 64.3 Å². The third kappa shape index (κ3) is 2.79. The second-order valence-electron chi connectivity index (χ2n) is 4.65. The maximum absolute atomic E-state index is 5.50. The first-order chi connectivity index (χ1) is 10.3. The highest BCUT2D eigenvalue weighted by Gasteiger charge is 2.07. The maximum Gasteiger partial charge on any atom is 0.203 e. The van der Waals surface area contributed by atoms with Gasteiger partial charge in [-0.25, -0.2) is 4.98 Å². The molecule has 0 radical (unpaired) electrons. The van der Waals surface area contributed by atoms with Gasteiger partial charge in [0.25, 0.3) is 0 Å². The summed E-state index contributed by atoms with van der Waals surface area (Å²) in [5.41, 5.74) is 1.86. The van der Waals surface area contributed by atoms with E-state index in [4.69, 9.17) is 4.74 Å². The average molecular weight is 283 g/mol. The van der Waals surface area contributed by atoms with Crippen molar-refractivity contribution in [3.05, 3.63) is 48.0 Å². The van der Waals surface area contributed by atoms with Gasteiger partial charge in [0.05, 0.1) is 6.61 Å².